The van der Waals surface area contributed by atoms with E-state index in [2.05, 4.69) is 5.32 Å². The van der Waals surface area contributed by atoms with E-state index in [-0.39, 0.29) is 17.3 Å². The van der Waals surface area contributed by atoms with Crippen LogP contribution in [0.2, 0.25) is 0 Å². The summed E-state index contributed by atoms with van der Waals surface area (Å²) in [6, 6.07) is 4.98. The molecule has 20 heavy (non-hydrogen) atoms. The lowest BCUT2D eigenvalue weighted by Crippen LogP contribution is -2.46. The molecule has 0 bridgehead atoms. The number of nitrogens with one attached hydrogen (secondary N) is 1. The molecule has 6 nitrogen and oxygen atoms in total. The van der Waals surface area contributed by atoms with Crippen LogP contribution in [0.3, 0.4) is 0 Å². The third-order valence-corrected chi connectivity index (χ3v) is 5.15. The summed E-state index contributed by atoms with van der Waals surface area (Å²) in [6.07, 6.45) is 0. The maximum atomic E-state index is 12.6. The summed E-state index contributed by atoms with van der Waals surface area (Å²) in [4.78, 5) is 0.201. The first-order valence-corrected chi connectivity index (χ1v) is 7.73. The van der Waals surface area contributed by atoms with Crippen LogP contribution in [0.1, 0.15) is 0 Å². The van der Waals surface area contributed by atoms with Crippen LogP contribution in [0, 0.1) is 0 Å². The average molecular weight is 321 g/mol. The smallest absolute Gasteiger partial charge is 0.246 e. The minimum atomic E-state index is -3.52. The van der Waals surface area contributed by atoms with E-state index in [1.165, 1.54) is 4.31 Å². The molecule has 0 radical (unpaired) electrons. The first-order chi connectivity index (χ1) is 9.19. The van der Waals surface area contributed by atoms with Crippen LogP contribution in [0.25, 0.3) is 0 Å². The zero-order valence-electron chi connectivity index (χ0n) is 10.9. The van der Waals surface area contributed by atoms with E-state index in [1.54, 1.807) is 18.2 Å². The molecule has 0 aromatic heterocycles. The van der Waals surface area contributed by atoms with Crippen molar-refractivity contribution >= 4 is 22.4 Å². The molecular weight excluding hydrogens is 304 g/mol. The van der Waals surface area contributed by atoms with Crippen LogP contribution in [-0.2, 0) is 10.0 Å². The van der Waals surface area contributed by atoms with Crippen molar-refractivity contribution in [3.05, 3.63) is 18.2 Å². The fourth-order valence-electron chi connectivity index (χ4n) is 2.27. The summed E-state index contributed by atoms with van der Waals surface area (Å²) in [5.41, 5.74) is 0. The number of hydrogen-bond acceptors (Lipinski definition) is 5. The Balaban J connectivity index is 0.00000147. The number of fused-ring (bicyclic) bond motifs is 1. The van der Waals surface area contributed by atoms with Crippen molar-refractivity contribution in [3.63, 3.8) is 0 Å². The zero-order chi connectivity index (χ0) is 13.3. The molecule has 8 heteroatoms. The van der Waals surface area contributed by atoms with Gasteiger partial charge in [-0.25, -0.2) is 8.42 Å². The van der Waals surface area contributed by atoms with Crippen LogP contribution in [0.4, 0.5) is 0 Å². The standard InChI is InChI=1S/C12H16N2O4S.ClH/c15-19(16,14-6-4-13-5-7-14)11-3-1-2-10-12(11)18-9-8-17-10;/h1-3,13H,4-9H2;1H. The van der Waals surface area contributed by atoms with Crippen molar-refractivity contribution in [2.45, 2.75) is 4.90 Å². The number of ether oxygens (including phenoxy) is 2. The quantitative estimate of drug-likeness (QED) is 0.858. The van der Waals surface area contributed by atoms with Crippen molar-refractivity contribution in [2.24, 2.45) is 0 Å². The van der Waals surface area contributed by atoms with Crippen LogP contribution in [0.5, 0.6) is 11.5 Å². The molecule has 2 aliphatic heterocycles. The number of para-hydroxylation sites is 1. The van der Waals surface area contributed by atoms with Gasteiger partial charge in [0.15, 0.2) is 11.5 Å². The first kappa shape index (κ1) is 15.4. The Kier molecular flexibility index (Phi) is 4.74. The maximum Gasteiger partial charge on any atom is 0.246 e. The Morgan fingerprint density at radius 3 is 2.55 bits per heavy atom. The summed E-state index contributed by atoms with van der Waals surface area (Å²) in [5.74, 6) is 0.842. The van der Waals surface area contributed by atoms with Gasteiger partial charge < -0.3 is 14.8 Å². The van der Waals surface area contributed by atoms with E-state index in [4.69, 9.17) is 9.47 Å². The molecule has 0 atom stereocenters. The molecule has 0 amide bonds. The molecule has 0 unspecified atom stereocenters. The lowest BCUT2D eigenvalue weighted by molar-refractivity contribution is 0.166. The number of rotatable bonds is 2. The molecule has 112 valence electrons. The first-order valence-electron chi connectivity index (χ1n) is 6.29. The second kappa shape index (κ2) is 6.17. The largest absolute Gasteiger partial charge is 0.486 e. The summed E-state index contributed by atoms with van der Waals surface area (Å²) in [7, 11) is -3.52. The molecule has 1 aromatic rings. The van der Waals surface area contributed by atoms with Gasteiger partial charge in [-0.2, -0.15) is 4.31 Å². The van der Waals surface area contributed by atoms with E-state index >= 15 is 0 Å². The molecule has 0 aliphatic carbocycles. The maximum absolute atomic E-state index is 12.6. The highest BCUT2D eigenvalue weighted by Gasteiger charge is 2.31. The number of sulfonamides is 1. The van der Waals surface area contributed by atoms with E-state index in [9.17, 15) is 8.42 Å². The molecule has 1 N–H and O–H groups in total. The Hall–Kier alpha value is -1.02. The Morgan fingerprint density at radius 2 is 1.80 bits per heavy atom. The SMILES string of the molecule is Cl.O=S(=O)(c1cccc2c1OCCO2)N1CCNCC1. The van der Waals surface area contributed by atoms with Crippen LogP contribution < -0.4 is 14.8 Å². The highest BCUT2D eigenvalue weighted by atomic mass is 35.5. The van der Waals surface area contributed by atoms with Gasteiger partial charge in [-0.05, 0) is 12.1 Å². The van der Waals surface area contributed by atoms with Crippen molar-refractivity contribution in [3.8, 4) is 11.5 Å². The normalized spacial score (nSPS) is 19.2. The second-order valence-electron chi connectivity index (χ2n) is 4.43. The average Bonchev–Trinajstić information content (AvgIpc) is 2.47. The zero-order valence-corrected chi connectivity index (χ0v) is 12.5. The lowest BCUT2D eigenvalue weighted by atomic mass is 10.3. The highest BCUT2D eigenvalue weighted by Crippen LogP contribution is 2.37. The third kappa shape index (κ3) is 2.71. The minimum absolute atomic E-state index is 0. The predicted molar refractivity (Wildman–Crippen MR) is 76.3 cm³/mol. The predicted octanol–water partition coefficient (Wildman–Crippen LogP) is 0.473. The molecule has 2 heterocycles. The Bertz CT molecular complexity index is 573. The van der Waals surface area contributed by atoms with Crippen molar-refractivity contribution < 1.29 is 17.9 Å². The number of nitrogens with zero attached hydrogens (tertiary/aromatic N) is 1. The molecule has 0 spiro atoms. The summed E-state index contributed by atoms with van der Waals surface area (Å²) >= 11 is 0. The molecule has 1 saturated heterocycles. The van der Waals surface area contributed by atoms with Gasteiger partial charge in [0, 0.05) is 26.2 Å². The van der Waals surface area contributed by atoms with Gasteiger partial charge in [-0.15, -0.1) is 12.4 Å². The molecular formula is C12H17ClN2O4S. The van der Waals surface area contributed by atoms with Gasteiger partial charge in [0.25, 0.3) is 0 Å². The van der Waals surface area contributed by atoms with E-state index in [0.29, 0.717) is 50.9 Å². The third-order valence-electron chi connectivity index (χ3n) is 3.22. The fraction of sp³-hybridized carbons (Fsp3) is 0.500. The van der Waals surface area contributed by atoms with Gasteiger partial charge in [0.2, 0.25) is 10.0 Å². The molecule has 1 fully saturated rings. The van der Waals surface area contributed by atoms with E-state index in [0.717, 1.165) is 0 Å². The van der Waals surface area contributed by atoms with Crippen molar-refractivity contribution in [2.75, 3.05) is 39.4 Å². The van der Waals surface area contributed by atoms with Gasteiger partial charge in [0.05, 0.1) is 0 Å². The van der Waals surface area contributed by atoms with Gasteiger partial charge in [-0.1, -0.05) is 6.07 Å². The van der Waals surface area contributed by atoms with E-state index in [1.807, 2.05) is 0 Å². The van der Waals surface area contributed by atoms with E-state index < -0.39 is 10.0 Å². The Morgan fingerprint density at radius 1 is 1.10 bits per heavy atom. The van der Waals surface area contributed by atoms with Crippen LogP contribution >= 0.6 is 12.4 Å². The monoisotopic (exact) mass is 320 g/mol. The number of hydrogen-bond donors (Lipinski definition) is 1. The van der Waals surface area contributed by atoms with Crippen LogP contribution in [0.15, 0.2) is 23.1 Å². The molecule has 3 rings (SSSR count). The summed E-state index contributed by atoms with van der Waals surface area (Å²) in [5, 5.41) is 3.14. The molecule has 2 aliphatic rings. The molecule has 1 aromatic carbocycles. The topological polar surface area (TPSA) is 67.9 Å². The van der Waals surface area contributed by atoms with Crippen molar-refractivity contribution in [1.82, 2.24) is 9.62 Å². The lowest BCUT2D eigenvalue weighted by Gasteiger charge is -2.28. The summed E-state index contributed by atoms with van der Waals surface area (Å²) < 4.78 is 37.6. The second-order valence-corrected chi connectivity index (χ2v) is 6.34. The highest BCUT2D eigenvalue weighted by molar-refractivity contribution is 7.89. The van der Waals surface area contributed by atoms with Gasteiger partial charge in [-0.3, -0.25) is 0 Å². The van der Waals surface area contributed by atoms with Gasteiger partial charge in [0.1, 0.15) is 18.1 Å². The molecule has 0 saturated carbocycles. The fourth-order valence-corrected chi connectivity index (χ4v) is 3.86. The van der Waals surface area contributed by atoms with Crippen LogP contribution in [-0.4, -0.2) is 52.1 Å². The Labute approximate surface area is 124 Å². The minimum Gasteiger partial charge on any atom is -0.486 e. The number of benzene rings is 1. The number of piperazine rings is 1. The van der Waals surface area contributed by atoms with Crippen molar-refractivity contribution in [1.29, 1.82) is 0 Å². The summed E-state index contributed by atoms with van der Waals surface area (Å²) in [6.45, 7) is 3.13. The van der Waals surface area contributed by atoms with Gasteiger partial charge >= 0.3 is 0 Å². The number of halogens is 1.